The number of aliphatic hydroxyl groups is 1. The Bertz CT molecular complexity index is 899. The van der Waals surface area contributed by atoms with E-state index in [1.807, 2.05) is 18.0 Å². The molecule has 1 atom stereocenters. The highest BCUT2D eigenvalue weighted by molar-refractivity contribution is 5.86. The Balaban J connectivity index is 1.40. The summed E-state index contributed by atoms with van der Waals surface area (Å²) >= 11 is 0. The van der Waals surface area contributed by atoms with Crippen molar-refractivity contribution >= 4 is 5.91 Å². The summed E-state index contributed by atoms with van der Waals surface area (Å²) in [6.07, 6.45) is 3.30. The first-order valence-electron chi connectivity index (χ1n) is 10.0. The molecule has 1 saturated carbocycles. The maximum absolute atomic E-state index is 14.0. The van der Waals surface area contributed by atoms with Crippen molar-refractivity contribution < 1.29 is 18.7 Å². The summed E-state index contributed by atoms with van der Waals surface area (Å²) < 4.78 is 27.5. The fourth-order valence-corrected chi connectivity index (χ4v) is 4.08. The number of hydrogen-bond acceptors (Lipinski definition) is 4. The van der Waals surface area contributed by atoms with Crippen molar-refractivity contribution in [1.82, 2.24) is 20.0 Å². The maximum Gasteiger partial charge on any atom is 0.256 e. The van der Waals surface area contributed by atoms with Gasteiger partial charge in [0.05, 0.1) is 5.69 Å². The third-order valence-corrected chi connectivity index (χ3v) is 5.71. The second kappa shape index (κ2) is 7.84. The van der Waals surface area contributed by atoms with E-state index < -0.39 is 23.1 Å². The van der Waals surface area contributed by atoms with Gasteiger partial charge in [0.1, 0.15) is 0 Å². The molecule has 2 aromatic rings. The van der Waals surface area contributed by atoms with E-state index in [-0.39, 0.29) is 18.7 Å². The molecule has 156 valence electrons. The van der Waals surface area contributed by atoms with Crippen molar-refractivity contribution in [3.63, 3.8) is 0 Å². The number of benzene rings is 1. The Kier molecular flexibility index (Phi) is 5.40. The third-order valence-electron chi connectivity index (χ3n) is 5.71. The second-order valence-electron chi connectivity index (χ2n) is 8.34. The molecule has 4 rings (SSSR count). The quantitative estimate of drug-likeness (QED) is 0.744. The van der Waals surface area contributed by atoms with Gasteiger partial charge in [-0.1, -0.05) is 12.1 Å². The molecule has 1 aromatic carbocycles. The minimum Gasteiger partial charge on any atom is -0.379 e. The third kappa shape index (κ3) is 4.33. The van der Waals surface area contributed by atoms with Gasteiger partial charge in [-0.05, 0) is 44.9 Å². The Labute approximate surface area is 168 Å². The van der Waals surface area contributed by atoms with Gasteiger partial charge in [-0.25, -0.2) is 8.78 Å². The van der Waals surface area contributed by atoms with Crippen LogP contribution in [0.2, 0.25) is 0 Å². The van der Waals surface area contributed by atoms with Crippen molar-refractivity contribution in [2.75, 3.05) is 20.1 Å². The number of H-pyrrole nitrogens is 1. The van der Waals surface area contributed by atoms with Crippen molar-refractivity contribution in [3.8, 4) is 0 Å². The fraction of sp³-hybridized carbons (Fsp3) is 0.524. The number of nitrogens with zero attached hydrogens (tertiary/aromatic N) is 3. The van der Waals surface area contributed by atoms with E-state index in [1.165, 1.54) is 29.9 Å². The van der Waals surface area contributed by atoms with Gasteiger partial charge in [-0.15, -0.1) is 0 Å². The van der Waals surface area contributed by atoms with Crippen LogP contribution in [-0.4, -0.2) is 56.7 Å². The Morgan fingerprint density at radius 2 is 2.17 bits per heavy atom. The summed E-state index contributed by atoms with van der Waals surface area (Å²) in [5.74, 6) is -1.77. The zero-order valence-corrected chi connectivity index (χ0v) is 16.5. The summed E-state index contributed by atoms with van der Waals surface area (Å²) in [7, 11) is 1.84. The summed E-state index contributed by atoms with van der Waals surface area (Å²) in [6.45, 7) is 1.05. The zero-order valence-electron chi connectivity index (χ0n) is 16.5. The number of halogens is 2. The highest BCUT2D eigenvalue weighted by Gasteiger charge is 2.43. The van der Waals surface area contributed by atoms with Gasteiger partial charge in [0.25, 0.3) is 5.91 Å². The first-order chi connectivity index (χ1) is 13.9. The van der Waals surface area contributed by atoms with Crippen LogP contribution in [-0.2, 0) is 17.9 Å². The van der Waals surface area contributed by atoms with E-state index in [4.69, 9.17) is 0 Å². The summed E-state index contributed by atoms with van der Waals surface area (Å²) in [6, 6.07) is 5.97. The van der Waals surface area contributed by atoms with Crippen LogP contribution in [0.25, 0.3) is 0 Å². The molecule has 0 spiro atoms. The smallest absolute Gasteiger partial charge is 0.256 e. The average molecular weight is 404 g/mol. The average Bonchev–Trinajstić information content (AvgIpc) is 3.42. The van der Waals surface area contributed by atoms with Crippen molar-refractivity contribution in [1.29, 1.82) is 0 Å². The standard InChI is InChI=1S/C21H26F2N4O2/c1-26(12-16-10-18(25-24-16)14-6-7-14)13-21(29)8-3-9-27(20(21)28)11-15-4-2-5-17(22)19(15)23/h2,4-5,10,14,29H,3,6-9,11-13H2,1H3,(H,24,25)/t21-/m1/s1. The molecule has 1 aliphatic carbocycles. The lowest BCUT2D eigenvalue weighted by Gasteiger charge is -2.40. The van der Waals surface area contributed by atoms with Gasteiger partial charge in [0.2, 0.25) is 0 Å². The van der Waals surface area contributed by atoms with Crippen molar-refractivity contribution in [2.24, 2.45) is 0 Å². The minimum atomic E-state index is -1.55. The topological polar surface area (TPSA) is 72.5 Å². The summed E-state index contributed by atoms with van der Waals surface area (Å²) in [5, 5.41) is 18.4. The number of amides is 1. The molecule has 0 bridgehead atoms. The molecular weight excluding hydrogens is 378 g/mol. The molecule has 0 radical (unpaired) electrons. The predicted molar refractivity (Wildman–Crippen MR) is 103 cm³/mol. The molecule has 2 heterocycles. The van der Waals surface area contributed by atoms with Gasteiger partial charge in [-0.3, -0.25) is 14.8 Å². The van der Waals surface area contributed by atoms with Gasteiger partial charge in [-0.2, -0.15) is 5.10 Å². The number of likely N-dealkylation sites (tertiary alicyclic amines) is 1. The lowest BCUT2D eigenvalue weighted by molar-refractivity contribution is -0.160. The second-order valence-corrected chi connectivity index (χ2v) is 8.34. The van der Waals surface area contributed by atoms with Gasteiger partial charge in [0, 0.05) is 43.4 Å². The van der Waals surface area contributed by atoms with Crippen molar-refractivity contribution in [3.05, 3.63) is 52.9 Å². The predicted octanol–water partition coefficient (Wildman–Crippen LogP) is 2.55. The van der Waals surface area contributed by atoms with Crippen LogP contribution >= 0.6 is 0 Å². The minimum absolute atomic E-state index is 0.0558. The van der Waals surface area contributed by atoms with E-state index in [0.717, 1.165) is 17.5 Å². The lowest BCUT2D eigenvalue weighted by Crippen LogP contribution is -2.57. The van der Waals surface area contributed by atoms with Gasteiger partial charge < -0.3 is 10.0 Å². The molecule has 1 saturated heterocycles. The highest BCUT2D eigenvalue weighted by atomic mass is 19.2. The van der Waals surface area contributed by atoms with E-state index in [1.54, 1.807) is 0 Å². The lowest BCUT2D eigenvalue weighted by atomic mass is 9.90. The van der Waals surface area contributed by atoms with Gasteiger partial charge >= 0.3 is 0 Å². The van der Waals surface area contributed by atoms with E-state index in [2.05, 4.69) is 10.2 Å². The molecule has 2 N–H and O–H groups in total. The number of hydrogen-bond donors (Lipinski definition) is 2. The number of rotatable bonds is 7. The summed E-state index contributed by atoms with van der Waals surface area (Å²) in [5.41, 5.74) is 0.584. The molecule has 29 heavy (non-hydrogen) atoms. The Morgan fingerprint density at radius 1 is 1.38 bits per heavy atom. The summed E-state index contributed by atoms with van der Waals surface area (Å²) in [4.78, 5) is 16.2. The molecule has 1 aromatic heterocycles. The number of aromatic amines is 1. The number of nitrogens with one attached hydrogen (secondary N) is 1. The number of aromatic nitrogens is 2. The van der Waals surface area contributed by atoms with Crippen LogP contribution in [0.3, 0.4) is 0 Å². The Morgan fingerprint density at radius 3 is 2.93 bits per heavy atom. The van der Waals surface area contributed by atoms with E-state index in [9.17, 15) is 18.7 Å². The van der Waals surface area contributed by atoms with E-state index in [0.29, 0.717) is 31.8 Å². The number of carbonyl (C=O) groups excluding carboxylic acids is 1. The number of likely N-dealkylation sites (N-methyl/N-ethyl adjacent to an activating group) is 1. The molecule has 0 unspecified atom stereocenters. The van der Waals surface area contributed by atoms with Crippen molar-refractivity contribution in [2.45, 2.75) is 50.3 Å². The molecule has 8 heteroatoms. The maximum atomic E-state index is 14.0. The molecule has 2 fully saturated rings. The monoisotopic (exact) mass is 404 g/mol. The van der Waals surface area contributed by atoms with E-state index >= 15 is 0 Å². The first-order valence-corrected chi connectivity index (χ1v) is 10.0. The molecule has 6 nitrogen and oxygen atoms in total. The van der Waals surface area contributed by atoms with Crippen LogP contribution in [0.15, 0.2) is 24.3 Å². The van der Waals surface area contributed by atoms with Crippen LogP contribution in [0.4, 0.5) is 8.78 Å². The SMILES string of the molecule is CN(Cc1cc(C2CC2)n[nH]1)C[C@]1(O)CCCN(Cc2cccc(F)c2F)C1=O. The molecular formula is C21H26F2N4O2. The van der Waals surface area contributed by atoms with Crippen LogP contribution in [0.5, 0.6) is 0 Å². The highest BCUT2D eigenvalue weighted by Crippen LogP contribution is 2.39. The first kappa shape index (κ1) is 20.0. The normalized spacial score (nSPS) is 22.5. The van der Waals surface area contributed by atoms with Crippen LogP contribution < -0.4 is 0 Å². The Hall–Kier alpha value is -2.32. The van der Waals surface area contributed by atoms with Gasteiger partial charge in [0.15, 0.2) is 17.2 Å². The largest absolute Gasteiger partial charge is 0.379 e. The number of carbonyl (C=O) groups is 1. The van der Waals surface area contributed by atoms with Crippen LogP contribution in [0.1, 0.15) is 48.6 Å². The molecule has 1 amide bonds. The fourth-order valence-electron chi connectivity index (χ4n) is 4.08. The van der Waals surface area contributed by atoms with Crippen LogP contribution in [0, 0.1) is 11.6 Å². The number of piperidine rings is 1. The zero-order chi connectivity index (χ0) is 20.6. The molecule has 1 aliphatic heterocycles. The molecule has 2 aliphatic rings.